The summed E-state index contributed by atoms with van der Waals surface area (Å²) in [5.74, 6) is 0.866. The molecule has 2 aromatic carbocycles. The van der Waals surface area contributed by atoms with Crippen LogP contribution in [0.4, 0.5) is 0 Å². The summed E-state index contributed by atoms with van der Waals surface area (Å²) in [6.07, 6.45) is 1.81. The summed E-state index contributed by atoms with van der Waals surface area (Å²) in [6, 6.07) is 22.4. The number of pyridine rings is 1. The first-order chi connectivity index (χ1) is 9.86. The summed E-state index contributed by atoms with van der Waals surface area (Å²) in [5.41, 5.74) is 4.40. The van der Waals surface area contributed by atoms with Crippen LogP contribution in [0.1, 0.15) is 0 Å². The zero-order chi connectivity index (χ0) is 13.8. The molecule has 0 aliphatic heterocycles. The van der Waals surface area contributed by atoms with E-state index in [1.807, 2.05) is 42.6 Å². The largest absolute Gasteiger partial charge is 0.497 e. The number of ether oxygens (including phenoxy) is 1. The van der Waals surface area contributed by atoms with E-state index >= 15 is 0 Å². The van der Waals surface area contributed by atoms with Gasteiger partial charge in [0.1, 0.15) is 5.75 Å². The van der Waals surface area contributed by atoms with E-state index in [1.165, 1.54) is 0 Å². The van der Waals surface area contributed by atoms with Crippen molar-refractivity contribution < 1.29 is 4.74 Å². The van der Waals surface area contributed by atoms with Gasteiger partial charge in [-0.15, -0.1) is 0 Å². The van der Waals surface area contributed by atoms with Gasteiger partial charge in [0.2, 0.25) is 0 Å². The van der Waals surface area contributed by atoms with E-state index in [0.29, 0.717) is 0 Å². The summed E-state index contributed by atoms with van der Waals surface area (Å²) in [6.45, 7) is 0. The Bertz CT molecular complexity index is 707. The molecule has 0 aliphatic carbocycles. The molecule has 1 heterocycles. The van der Waals surface area contributed by atoms with Crippen LogP contribution in [0, 0.1) is 0 Å². The summed E-state index contributed by atoms with van der Waals surface area (Å²) >= 11 is 0. The Balaban J connectivity index is 2.03. The lowest BCUT2D eigenvalue weighted by Gasteiger charge is -2.07. The van der Waals surface area contributed by atoms with E-state index in [0.717, 1.165) is 28.1 Å². The molecule has 2 heteroatoms. The zero-order valence-corrected chi connectivity index (χ0v) is 11.3. The summed E-state index contributed by atoms with van der Waals surface area (Å²) in [5, 5.41) is 0. The molecule has 20 heavy (non-hydrogen) atoms. The Morgan fingerprint density at radius 1 is 0.750 bits per heavy atom. The fourth-order valence-corrected chi connectivity index (χ4v) is 2.19. The van der Waals surface area contributed by atoms with Crippen molar-refractivity contribution in [3.05, 3.63) is 72.9 Å². The van der Waals surface area contributed by atoms with E-state index in [9.17, 15) is 0 Å². The van der Waals surface area contributed by atoms with Crippen LogP contribution in [0.5, 0.6) is 5.75 Å². The van der Waals surface area contributed by atoms with Gasteiger partial charge in [-0.05, 0) is 41.5 Å². The van der Waals surface area contributed by atoms with Gasteiger partial charge in [0.25, 0.3) is 0 Å². The van der Waals surface area contributed by atoms with Crippen LogP contribution in [0.15, 0.2) is 72.9 Å². The van der Waals surface area contributed by atoms with Gasteiger partial charge in [0, 0.05) is 11.8 Å². The summed E-state index contributed by atoms with van der Waals surface area (Å²) < 4.78 is 5.28. The molecule has 0 bridgehead atoms. The predicted molar refractivity (Wildman–Crippen MR) is 81.7 cm³/mol. The molecule has 0 aliphatic rings. The first-order valence-corrected chi connectivity index (χ1v) is 6.53. The van der Waals surface area contributed by atoms with Crippen molar-refractivity contribution in [1.82, 2.24) is 4.98 Å². The van der Waals surface area contributed by atoms with Gasteiger partial charge in [-0.1, -0.05) is 36.4 Å². The first-order valence-electron chi connectivity index (χ1n) is 6.53. The molecule has 0 spiro atoms. The molecule has 1 aromatic heterocycles. The Labute approximate surface area is 118 Å². The van der Waals surface area contributed by atoms with E-state index in [1.54, 1.807) is 7.11 Å². The lowest BCUT2D eigenvalue weighted by molar-refractivity contribution is 0.415. The second-order valence-electron chi connectivity index (χ2n) is 4.53. The molecular formula is C18H15NO. The molecule has 0 N–H and O–H groups in total. The number of nitrogens with zero attached hydrogens (tertiary/aromatic N) is 1. The fraction of sp³-hybridized carbons (Fsp3) is 0.0556. The Hall–Kier alpha value is -2.61. The van der Waals surface area contributed by atoms with Crippen molar-refractivity contribution in [1.29, 1.82) is 0 Å². The highest BCUT2D eigenvalue weighted by Gasteiger charge is 2.03. The highest BCUT2D eigenvalue weighted by Crippen LogP contribution is 2.27. The zero-order valence-electron chi connectivity index (χ0n) is 11.3. The van der Waals surface area contributed by atoms with Gasteiger partial charge in [0.15, 0.2) is 0 Å². The quantitative estimate of drug-likeness (QED) is 0.696. The molecule has 2 nitrogen and oxygen atoms in total. The fourth-order valence-electron chi connectivity index (χ4n) is 2.19. The third-order valence-corrected chi connectivity index (χ3v) is 3.23. The minimum Gasteiger partial charge on any atom is -0.497 e. The minimum atomic E-state index is 0.866. The van der Waals surface area contributed by atoms with Crippen LogP contribution in [-0.2, 0) is 0 Å². The second kappa shape index (κ2) is 5.57. The normalized spacial score (nSPS) is 10.2. The number of hydrogen-bond donors (Lipinski definition) is 0. The summed E-state index contributed by atoms with van der Waals surface area (Å²) in [7, 11) is 1.68. The van der Waals surface area contributed by atoms with Crippen LogP contribution >= 0.6 is 0 Å². The molecule has 0 atom stereocenters. The number of benzene rings is 2. The van der Waals surface area contributed by atoms with Crippen molar-refractivity contribution in [2.24, 2.45) is 0 Å². The monoisotopic (exact) mass is 261 g/mol. The van der Waals surface area contributed by atoms with E-state index in [4.69, 9.17) is 4.74 Å². The molecule has 3 rings (SSSR count). The van der Waals surface area contributed by atoms with Gasteiger partial charge in [-0.25, -0.2) is 0 Å². The molecule has 0 amide bonds. The Morgan fingerprint density at radius 3 is 2.25 bits per heavy atom. The average Bonchev–Trinajstić information content (AvgIpc) is 2.56. The van der Waals surface area contributed by atoms with Crippen LogP contribution < -0.4 is 4.74 Å². The number of aromatic nitrogens is 1. The third kappa shape index (κ3) is 2.54. The maximum absolute atomic E-state index is 5.28. The smallest absolute Gasteiger partial charge is 0.119 e. The van der Waals surface area contributed by atoms with Crippen molar-refractivity contribution in [3.63, 3.8) is 0 Å². The molecule has 0 radical (unpaired) electrons. The lowest BCUT2D eigenvalue weighted by Crippen LogP contribution is -1.85. The van der Waals surface area contributed by atoms with E-state index < -0.39 is 0 Å². The van der Waals surface area contributed by atoms with Gasteiger partial charge < -0.3 is 4.74 Å². The summed E-state index contributed by atoms with van der Waals surface area (Å²) in [4.78, 5) is 4.39. The van der Waals surface area contributed by atoms with Crippen molar-refractivity contribution in [2.75, 3.05) is 7.11 Å². The molecule has 3 aromatic rings. The highest BCUT2D eigenvalue weighted by molar-refractivity contribution is 5.72. The van der Waals surface area contributed by atoms with Crippen LogP contribution in [0.25, 0.3) is 22.4 Å². The molecule has 0 saturated heterocycles. The van der Waals surface area contributed by atoms with Crippen LogP contribution in [-0.4, -0.2) is 12.1 Å². The van der Waals surface area contributed by atoms with Crippen LogP contribution in [0.2, 0.25) is 0 Å². The average molecular weight is 261 g/mol. The lowest BCUT2D eigenvalue weighted by atomic mass is 10.0. The van der Waals surface area contributed by atoms with Crippen molar-refractivity contribution in [2.45, 2.75) is 0 Å². The molecule has 0 fully saturated rings. The van der Waals surface area contributed by atoms with Gasteiger partial charge >= 0.3 is 0 Å². The number of methoxy groups -OCH3 is 1. The van der Waals surface area contributed by atoms with Gasteiger partial charge in [-0.3, -0.25) is 4.98 Å². The molecule has 0 unspecified atom stereocenters. The predicted octanol–water partition coefficient (Wildman–Crippen LogP) is 4.42. The highest BCUT2D eigenvalue weighted by atomic mass is 16.5. The topological polar surface area (TPSA) is 22.1 Å². The van der Waals surface area contributed by atoms with E-state index in [-0.39, 0.29) is 0 Å². The second-order valence-corrected chi connectivity index (χ2v) is 4.53. The number of rotatable bonds is 3. The van der Waals surface area contributed by atoms with Gasteiger partial charge in [-0.2, -0.15) is 0 Å². The van der Waals surface area contributed by atoms with Crippen molar-refractivity contribution >= 4 is 0 Å². The SMILES string of the molecule is COc1cccc(-c2cccc(-c3ccccn3)c2)c1. The molecular weight excluding hydrogens is 246 g/mol. The Morgan fingerprint density at radius 2 is 1.50 bits per heavy atom. The van der Waals surface area contributed by atoms with Crippen molar-refractivity contribution in [3.8, 4) is 28.1 Å². The van der Waals surface area contributed by atoms with Crippen LogP contribution in [0.3, 0.4) is 0 Å². The van der Waals surface area contributed by atoms with E-state index in [2.05, 4.69) is 35.3 Å². The number of hydrogen-bond acceptors (Lipinski definition) is 2. The molecule has 0 saturated carbocycles. The first kappa shape index (κ1) is 12.4. The third-order valence-electron chi connectivity index (χ3n) is 3.23. The standard InChI is InChI=1S/C18H15NO/c1-20-17-9-5-7-15(13-17)14-6-4-8-16(12-14)18-10-2-3-11-19-18/h2-13H,1H3. The molecule has 98 valence electrons. The van der Waals surface area contributed by atoms with Gasteiger partial charge in [0.05, 0.1) is 12.8 Å². The Kier molecular flexibility index (Phi) is 3.46. The maximum atomic E-state index is 5.28. The maximum Gasteiger partial charge on any atom is 0.119 e. The minimum absolute atomic E-state index is 0.866.